The van der Waals surface area contributed by atoms with Gasteiger partial charge in [0.25, 0.3) is 5.79 Å². The Morgan fingerprint density at radius 3 is 2.70 bits per heavy atom. The van der Waals surface area contributed by atoms with Gasteiger partial charge in [0, 0.05) is 18.9 Å². The Bertz CT molecular complexity index is 1040. The maximum Gasteiger partial charge on any atom is 0.251 e. The van der Waals surface area contributed by atoms with Crippen LogP contribution in [-0.2, 0) is 0 Å². The van der Waals surface area contributed by atoms with Crippen molar-refractivity contribution < 1.29 is 14.2 Å². The highest BCUT2D eigenvalue weighted by Crippen LogP contribution is 2.49. The monoisotopic (exact) mass is 406 g/mol. The molecule has 0 unspecified atom stereocenters. The summed E-state index contributed by atoms with van der Waals surface area (Å²) in [6.07, 6.45) is 5.25. The van der Waals surface area contributed by atoms with Gasteiger partial charge in [-0.25, -0.2) is 4.68 Å². The molecule has 3 aromatic rings. The Morgan fingerprint density at radius 1 is 1.10 bits per heavy atom. The molecule has 1 spiro atoms. The van der Waals surface area contributed by atoms with Crippen LogP contribution >= 0.6 is 0 Å². The highest BCUT2D eigenvalue weighted by molar-refractivity contribution is 5.63. The van der Waals surface area contributed by atoms with Gasteiger partial charge in [-0.15, -0.1) is 5.10 Å². The van der Waals surface area contributed by atoms with Crippen LogP contribution in [0.25, 0.3) is 5.69 Å². The van der Waals surface area contributed by atoms with E-state index in [4.69, 9.17) is 19.9 Å². The minimum Gasteiger partial charge on any atom is -0.473 e. The standard InChI is InChI=1S/C23H26N4O3/c1-16-12-18(22-19(13-16)29-23(30-22)10-6-3-7-11-23)27-20(24)14-21(26-27)25-15-28-17-8-4-2-5-9-17/h2,4-5,8-9,12-14H,3,6-7,10-11,15,24H2,1H3,(H,25,26). The number of ether oxygens (including phenoxy) is 3. The molecule has 5 rings (SSSR count). The summed E-state index contributed by atoms with van der Waals surface area (Å²) in [5.74, 6) is 2.86. The number of anilines is 2. The van der Waals surface area contributed by atoms with Gasteiger partial charge in [0.2, 0.25) is 0 Å². The van der Waals surface area contributed by atoms with Crippen LogP contribution in [-0.4, -0.2) is 22.3 Å². The van der Waals surface area contributed by atoms with Gasteiger partial charge in [-0.3, -0.25) is 0 Å². The number of nitrogens with two attached hydrogens (primary N) is 1. The molecule has 0 saturated heterocycles. The topological polar surface area (TPSA) is 83.6 Å². The number of nitrogen functional groups attached to an aromatic ring is 1. The van der Waals surface area contributed by atoms with Gasteiger partial charge in [-0.05, 0) is 49.6 Å². The highest BCUT2D eigenvalue weighted by atomic mass is 16.7. The third-order valence-corrected chi connectivity index (χ3v) is 5.58. The van der Waals surface area contributed by atoms with Crippen LogP contribution < -0.4 is 25.3 Å². The molecule has 1 aliphatic heterocycles. The number of benzene rings is 2. The zero-order valence-corrected chi connectivity index (χ0v) is 17.1. The first-order chi connectivity index (χ1) is 14.6. The zero-order valence-electron chi connectivity index (χ0n) is 17.1. The number of nitrogens with one attached hydrogen (secondary N) is 1. The maximum atomic E-state index is 6.40. The third kappa shape index (κ3) is 3.51. The summed E-state index contributed by atoms with van der Waals surface area (Å²) in [6.45, 7) is 2.32. The second-order valence-electron chi connectivity index (χ2n) is 7.93. The van der Waals surface area contributed by atoms with Gasteiger partial charge >= 0.3 is 0 Å². The van der Waals surface area contributed by atoms with E-state index in [1.54, 1.807) is 10.7 Å². The van der Waals surface area contributed by atoms with Crippen molar-refractivity contribution in [3.05, 3.63) is 54.1 Å². The van der Waals surface area contributed by atoms with Gasteiger partial charge in [-0.1, -0.05) is 24.6 Å². The van der Waals surface area contributed by atoms with Crippen molar-refractivity contribution in [1.29, 1.82) is 0 Å². The molecule has 1 aromatic heterocycles. The number of rotatable bonds is 5. The number of fused-ring (bicyclic) bond motifs is 1. The van der Waals surface area contributed by atoms with E-state index in [1.807, 2.05) is 49.4 Å². The minimum atomic E-state index is -0.546. The highest BCUT2D eigenvalue weighted by Gasteiger charge is 2.44. The molecular weight excluding hydrogens is 380 g/mol. The fourth-order valence-corrected chi connectivity index (χ4v) is 4.14. The first-order valence-electron chi connectivity index (χ1n) is 10.4. The SMILES string of the molecule is Cc1cc2c(c(-n3nc(NCOc4ccccc4)cc3N)c1)OC1(CCCCC1)O2. The molecule has 1 saturated carbocycles. The Labute approximate surface area is 175 Å². The normalized spacial score (nSPS) is 16.6. The number of hydrogen-bond acceptors (Lipinski definition) is 6. The fourth-order valence-electron chi connectivity index (χ4n) is 4.14. The number of aromatic nitrogens is 2. The molecular formula is C23H26N4O3. The predicted octanol–water partition coefficient (Wildman–Crippen LogP) is 4.64. The lowest BCUT2D eigenvalue weighted by Gasteiger charge is -2.31. The Hall–Kier alpha value is -3.35. The minimum absolute atomic E-state index is 0.287. The number of hydrogen-bond donors (Lipinski definition) is 2. The van der Waals surface area contributed by atoms with E-state index in [-0.39, 0.29) is 6.73 Å². The van der Waals surface area contributed by atoms with Crippen molar-refractivity contribution in [2.45, 2.75) is 44.8 Å². The van der Waals surface area contributed by atoms with Gasteiger partial charge < -0.3 is 25.3 Å². The van der Waals surface area contributed by atoms with E-state index in [0.29, 0.717) is 17.4 Å². The van der Waals surface area contributed by atoms with Crippen molar-refractivity contribution >= 4 is 11.6 Å². The van der Waals surface area contributed by atoms with Crippen molar-refractivity contribution in [3.8, 4) is 22.9 Å². The van der Waals surface area contributed by atoms with Gasteiger partial charge in [0.15, 0.2) is 24.0 Å². The molecule has 1 aliphatic carbocycles. The van der Waals surface area contributed by atoms with Crippen LogP contribution in [0, 0.1) is 6.92 Å². The summed E-state index contributed by atoms with van der Waals surface area (Å²) in [4.78, 5) is 0. The molecule has 2 aliphatic rings. The molecule has 2 heterocycles. The average molecular weight is 406 g/mol. The molecule has 0 radical (unpaired) electrons. The second-order valence-corrected chi connectivity index (χ2v) is 7.93. The summed E-state index contributed by atoms with van der Waals surface area (Å²) < 4.78 is 20.1. The van der Waals surface area contributed by atoms with Crippen LogP contribution in [0.2, 0.25) is 0 Å². The Morgan fingerprint density at radius 2 is 1.90 bits per heavy atom. The molecule has 7 nitrogen and oxygen atoms in total. The lowest BCUT2D eigenvalue weighted by atomic mass is 9.94. The van der Waals surface area contributed by atoms with Crippen LogP contribution in [0.3, 0.4) is 0 Å². The first kappa shape index (κ1) is 18.7. The Balaban J connectivity index is 1.38. The molecule has 0 amide bonds. The molecule has 2 aromatic carbocycles. The van der Waals surface area contributed by atoms with Crippen molar-refractivity contribution in [2.75, 3.05) is 17.8 Å². The summed E-state index contributed by atoms with van der Waals surface area (Å²) in [6, 6.07) is 15.5. The van der Waals surface area contributed by atoms with E-state index in [2.05, 4.69) is 10.4 Å². The van der Waals surface area contributed by atoms with Crippen LogP contribution in [0.5, 0.6) is 17.2 Å². The predicted molar refractivity (Wildman–Crippen MR) is 115 cm³/mol. The maximum absolute atomic E-state index is 6.40. The van der Waals surface area contributed by atoms with E-state index in [1.165, 1.54) is 6.42 Å². The van der Waals surface area contributed by atoms with Gasteiger partial charge in [0.05, 0.1) is 0 Å². The number of para-hydroxylation sites is 1. The van der Waals surface area contributed by atoms with Crippen LogP contribution in [0.4, 0.5) is 11.6 Å². The van der Waals surface area contributed by atoms with Crippen molar-refractivity contribution in [3.63, 3.8) is 0 Å². The third-order valence-electron chi connectivity index (χ3n) is 5.58. The lowest BCUT2D eigenvalue weighted by molar-refractivity contribution is -0.105. The van der Waals surface area contributed by atoms with Gasteiger partial charge in [0.1, 0.15) is 17.3 Å². The molecule has 156 valence electrons. The molecule has 0 bridgehead atoms. The molecule has 3 N–H and O–H groups in total. The summed E-state index contributed by atoms with van der Waals surface area (Å²) in [5, 5.41) is 7.79. The average Bonchev–Trinajstić information content (AvgIpc) is 3.28. The summed E-state index contributed by atoms with van der Waals surface area (Å²) in [7, 11) is 0. The van der Waals surface area contributed by atoms with Gasteiger partial charge in [-0.2, -0.15) is 0 Å². The summed E-state index contributed by atoms with van der Waals surface area (Å²) >= 11 is 0. The number of nitrogens with zero attached hydrogens (tertiary/aromatic N) is 2. The van der Waals surface area contributed by atoms with E-state index >= 15 is 0 Å². The van der Waals surface area contributed by atoms with E-state index in [0.717, 1.165) is 48.4 Å². The molecule has 0 atom stereocenters. The van der Waals surface area contributed by atoms with Crippen LogP contribution in [0.15, 0.2) is 48.5 Å². The second kappa shape index (κ2) is 7.48. The molecule has 30 heavy (non-hydrogen) atoms. The van der Waals surface area contributed by atoms with Crippen molar-refractivity contribution in [1.82, 2.24) is 9.78 Å². The van der Waals surface area contributed by atoms with Crippen molar-refractivity contribution in [2.24, 2.45) is 0 Å². The zero-order chi connectivity index (χ0) is 20.6. The smallest absolute Gasteiger partial charge is 0.251 e. The quantitative estimate of drug-likeness (QED) is 0.601. The Kier molecular flexibility index (Phi) is 4.65. The van der Waals surface area contributed by atoms with E-state index in [9.17, 15) is 0 Å². The van der Waals surface area contributed by atoms with Crippen LogP contribution in [0.1, 0.15) is 37.7 Å². The fraction of sp³-hybridized carbons (Fsp3) is 0.348. The summed E-state index contributed by atoms with van der Waals surface area (Å²) in [5.41, 5.74) is 8.15. The lowest BCUT2D eigenvalue weighted by Crippen LogP contribution is -2.40. The first-order valence-corrected chi connectivity index (χ1v) is 10.4. The van der Waals surface area contributed by atoms with E-state index < -0.39 is 5.79 Å². The number of aryl methyl sites for hydroxylation is 1. The molecule has 1 fully saturated rings. The molecule has 7 heteroatoms. The largest absolute Gasteiger partial charge is 0.473 e.